The van der Waals surface area contributed by atoms with Crippen LogP contribution < -0.4 is 4.62 Å². The van der Waals surface area contributed by atoms with Crippen molar-refractivity contribution < 1.29 is 43.0 Å². The van der Waals surface area contributed by atoms with Crippen LogP contribution in [-0.2, 0) is 6.18 Å². The van der Waals surface area contributed by atoms with E-state index in [1.165, 1.54) is 10.9 Å². The van der Waals surface area contributed by atoms with E-state index in [2.05, 4.69) is 24.3 Å². The number of nitrogens with zero attached hydrogens (tertiary/aromatic N) is 6. The Morgan fingerprint density at radius 1 is 0.730 bits per heavy atom. The van der Waals surface area contributed by atoms with Crippen molar-refractivity contribution in [1.82, 2.24) is 29.2 Å². The Labute approximate surface area is 207 Å². The second-order valence-corrected chi connectivity index (χ2v) is 14.0. The molecule has 0 atom stereocenters. The molecule has 0 amide bonds. The number of benzene rings is 1. The third kappa shape index (κ3) is 7.35. The third-order valence-electron chi connectivity index (χ3n) is 6.28. The third-order valence-corrected chi connectivity index (χ3v) is 10.1. The maximum atomic E-state index is 13.3. The van der Waals surface area contributed by atoms with Gasteiger partial charge in [-0.2, -0.15) is 17.8 Å². The van der Waals surface area contributed by atoms with Gasteiger partial charge in [0.25, 0.3) is 0 Å². The van der Waals surface area contributed by atoms with Gasteiger partial charge in [0.2, 0.25) is 0 Å². The van der Waals surface area contributed by atoms with Crippen molar-refractivity contribution in [3.05, 3.63) is 23.8 Å². The Morgan fingerprint density at radius 2 is 1.14 bits per heavy atom. The molecule has 3 aliphatic rings. The maximum absolute atomic E-state index is 13.3. The van der Waals surface area contributed by atoms with E-state index >= 15 is 0 Å². The summed E-state index contributed by atoms with van der Waals surface area (Å²) >= 11 is 0. The molecular weight excluding hydrogens is 561 g/mol. The molecule has 0 spiro atoms. The molecule has 0 unspecified atom stereocenters. The van der Waals surface area contributed by atoms with Crippen LogP contribution in [-0.4, -0.2) is 68.4 Å². The summed E-state index contributed by atoms with van der Waals surface area (Å²) in [7, 11) is -13.1. The van der Waals surface area contributed by atoms with Crippen LogP contribution in [0.3, 0.4) is 0 Å². The molecule has 0 bridgehead atoms. The molecule has 0 aliphatic carbocycles. The number of rotatable bonds is 5. The first kappa shape index (κ1) is 28.5. The summed E-state index contributed by atoms with van der Waals surface area (Å²) in [4.78, 5) is 1.27. The first-order chi connectivity index (χ1) is 16.9. The van der Waals surface area contributed by atoms with E-state index in [9.17, 15) is 38.4 Å². The summed E-state index contributed by atoms with van der Waals surface area (Å²) in [5, 5.41) is 8.23. The van der Waals surface area contributed by atoms with Gasteiger partial charge >= 0.3 is 47.1 Å². The first-order valence-electron chi connectivity index (χ1n) is 11.8. The SMILES string of the molecule is FC(F)(F)c1ccc2nnn(O[P+](N3CCCC3)(N3CCCC3)N3CCCC3)c2c1.F[P-](F)(F)(F)(F)F. The van der Waals surface area contributed by atoms with Gasteiger partial charge in [0.05, 0.1) is 5.56 Å². The first-order valence-corrected chi connectivity index (χ1v) is 15.4. The van der Waals surface area contributed by atoms with Gasteiger partial charge in [0, 0.05) is 39.3 Å². The Hall–Kier alpha value is -1.47. The fraction of sp³-hybridized carbons (Fsp3) is 0.684. The average molecular weight is 588 g/mol. The molecule has 2 aromatic rings. The van der Waals surface area contributed by atoms with Gasteiger partial charge in [-0.05, 0) is 66.8 Å². The van der Waals surface area contributed by atoms with Crippen molar-refractivity contribution in [1.29, 1.82) is 0 Å². The molecule has 4 heterocycles. The van der Waals surface area contributed by atoms with Gasteiger partial charge in [0.1, 0.15) is 11.0 Å². The van der Waals surface area contributed by atoms with E-state index in [1.54, 1.807) is 0 Å². The topological polar surface area (TPSA) is 49.7 Å². The van der Waals surface area contributed by atoms with Crippen LogP contribution in [0.1, 0.15) is 44.1 Å². The molecule has 7 nitrogen and oxygen atoms in total. The normalized spacial score (nSPS) is 22.6. The molecule has 0 radical (unpaired) electrons. The summed E-state index contributed by atoms with van der Waals surface area (Å²) in [5.41, 5.74) is -0.0354. The van der Waals surface area contributed by atoms with Gasteiger partial charge in [-0.25, -0.2) is 0 Å². The van der Waals surface area contributed by atoms with Gasteiger partial charge in [0.15, 0.2) is 0 Å². The summed E-state index contributed by atoms with van der Waals surface area (Å²) in [5.74, 6) is 0. The second-order valence-electron chi connectivity index (χ2n) is 9.20. The molecule has 37 heavy (non-hydrogen) atoms. The van der Waals surface area contributed by atoms with Crippen LogP contribution in [0, 0.1) is 0 Å². The summed E-state index contributed by atoms with van der Waals surface area (Å²) in [6.07, 6.45) is 2.26. The minimum absolute atomic E-state index is 0.270. The predicted molar refractivity (Wildman–Crippen MR) is 122 cm³/mol. The number of halogens is 9. The standard InChI is InChI=1S/C19H27F3N6OP.F6P/c20-19(21,22)16-7-8-17-18(15-16)28(24-23-17)29-30(25-9-1-2-10-25,26-11-3-4-12-26)27-13-5-6-14-27;1-7(2,3,4,5)6/h7-8,15H,1-6,9-14H2;/q+1;-1. The number of alkyl halides is 3. The zero-order chi connectivity index (χ0) is 27.2. The zero-order valence-corrected chi connectivity index (χ0v) is 21.4. The molecule has 5 rings (SSSR count). The summed E-state index contributed by atoms with van der Waals surface area (Å²) < 4.78 is 113. The molecule has 1 aromatic heterocycles. The van der Waals surface area contributed by atoms with Crippen LogP contribution in [0.4, 0.5) is 38.4 Å². The Kier molecular flexibility index (Phi) is 7.19. The van der Waals surface area contributed by atoms with E-state index in [0.29, 0.717) is 5.52 Å². The number of hydrogen-bond acceptors (Lipinski definition) is 6. The van der Waals surface area contributed by atoms with Gasteiger partial charge in [-0.1, -0.05) is 0 Å². The van der Waals surface area contributed by atoms with E-state index in [-0.39, 0.29) is 5.52 Å². The fourth-order valence-electron chi connectivity index (χ4n) is 4.81. The summed E-state index contributed by atoms with van der Waals surface area (Å²) in [6, 6.07) is 3.51. The Morgan fingerprint density at radius 3 is 1.51 bits per heavy atom. The molecule has 3 fully saturated rings. The van der Waals surface area contributed by atoms with E-state index in [1.807, 2.05) is 0 Å². The Bertz CT molecular complexity index is 1040. The van der Waals surface area contributed by atoms with Crippen molar-refractivity contribution in [2.45, 2.75) is 44.7 Å². The van der Waals surface area contributed by atoms with E-state index in [4.69, 9.17) is 4.62 Å². The van der Waals surface area contributed by atoms with Crippen molar-refractivity contribution in [3.63, 3.8) is 0 Å². The van der Waals surface area contributed by atoms with Gasteiger partial charge < -0.3 is 0 Å². The molecule has 0 saturated carbocycles. The molecule has 0 N–H and O–H groups in total. The molecule has 1 aromatic carbocycles. The molecule has 212 valence electrons. The fourth-order valence-corrected chi connectivity index (χ4v) is 8.94. The summed E-state index contributed by atoms with van der Waals surface area (Å²) in [6.45, 7) is 5.67. The van der Waals surface area contributed by atoms with E-state index in [0.717, 1.165) is 89.9 Å². The Balaban J connectivity index is 0.000000405. The van der Waals surface area contributed by atoms with E-state index < -0.39 is 27.5 Å². The number of fused-ring (bicyclic) bond motifs is 1. The monoisotopic (exact) mass is 588 g/mol. The van der Waals surface area contributed by atoms with Crippen LogP contribution in [0.25, 0.3) is 11.0 Å². The van der Waals surface area contributed by atoms with Crippen LogP contribution >= 0.6 is 15.8 Å². The quantitative estimate of drug-likeness (QED) is 0.272. The van der Waals surface area contributed by atoms with Crippen molar-refractivity contribution in [2.75, 3.05) is 39.3 Å². The van der Waals surface area contributed by atoms with Crippen molar-refractivity contribution in [3.8, 4) is 0 Å². The minimum atomic E-state index is -10.7. The number of aromatic nitrogens is 3. The number of hydrogen-bond donors (Lipinski definition) is 0. The van der Waals surface area contributed by atoms with Crippen molar-refractivity contribution in [2.24, 2.45) is 0 Å². The van der Waals surface area contributed by atoms with Gasteiger partial charge in [-0.3, -0.25) is 0 Å². The second kappa shape index (κ2) is 9.32. The van der Waals surface area contributed by atoms with Crippen molar-refractivity contribution >= 4 is 26.8 Å². The van der Waals surface area contributed by atoms with Crippen LogP contribution in [0.15, 0.2) is 18.2 Å². The van der Waals surface area contributed by atoms with Crippen LogP contribution in [0.5, 0.6) is 0 Å². The molecule has 3 aliphatic heterocycles. The van der Waals surface area contributed by atoms with Crippen LogP contribution in [0.2, 0.25) is 0 Å². The predicted octanol–water partition coefficient (Wildman–Crippen LogP) is 7.23. The molecule has 18 heteroatoms. The molecular formula is C19H27F9N6OP2. The van der Waals surface area contributed by atoms with Gasteiger partial charge in [-0.15, -0.1) is 19.1 Å². The molecule has 3 saturated heterocycles. The average Bonchev–Trinajstić information content (AvgIpc) is 3.57. The zero-order valence-electron chi connectivity index (χ0n) is 19.6.